The van der Waals surface area contributed by atoms with Crippen LogP contribution in [-0.4, -0.2) is 28.8 Å². The van der Waals surface area contributed by atoms with Crippen LogP contribution in [0.4, 0.5) is 0 Å². The number of hydrogen-bond acceptors (Lipinski definition) is 3. The second-order valence-electron chi connectivity index (χ2n) is 5.78. The van der Waals surface area contributed by atoms with Crippen LogP contribution in [0, 0.1) is 5.92 Å². The molecule has 1 atom stereocenters. The van der Waals surface area contributed by atoms with Crippen LogP contribution in [0.3, 0.4) is 0 Å². The van der Waals surface area contributed by atoms with Gasteiger partial charge in [-0.3, -0.25) is 9.48 Å². The van der Waals surface area contributed by atoms with Gasteiger partial charge in [0.15, 0.2) is 0 Å². The molecular weight excluding hydrogens is 276 g/mol. The van der Waals surface area contributed by atoms with E-state index in [-0.39, 0.29) is 11.8 Å². The zero-order valence-electron chi connectivity index (χ0n) is 12.7. The minimum Gasteiger partial charge on any atom is -0.352 e. The number of nitrogens with one attached hydrogen (secondary N) is 2. The van der Waals surface area contributed by atoms with Crippen LogP contribution >= 0.6 is 0 Å². The summed E-state index contributed by atoms with van der Waals surface area (Å²) in [4.78, 5) is 12.1. The van der Waals surface area contributed by atoms with Crippen LogP contribution in [0.1, 0.15) is 24.0 Å². The maximum absolute atomic E-state index is 12.1. The van der Waals surface area contributed by atoms with Crippen LogP contribution in [0.5, 0.6) is 0 Å². The average Bonchev–Trinajstić information content (AvgIpc) is 3.07. The summed E-state index contributed by atoms with van der Waals surface area (Å²) in [5.74, 6) is 0.269. The summed E-state index contributed by atoms with van der Waals surface area (Å²) in [5, 5.41) is 10.5. The summed E-state index contributed by atoms with van der Waals surface area (Å²) in [6, 6.07) is 10.2. The molecule has 1 amide bonds. The van der Waals surface area contributed by atoms with E-state index < -0.39 is 0 Å². The molecular formula is C17H22N4O. The van der Waals surface area contributed by atoms with Crippen molar-refractivity contribution in [3.05, 3.63) is 53.9 Å². The predicted molar refractivity (Wildman–Crippen MR) is 85.2 cm³/mol. The second-order valence-corrected chi connectivity index (χ2v) is 5.78. The molecule has 2 heterocycles. The Bertz CT molecular complexity index is 603. The Morgan fingerprint density at radius 1 is 1.36 bits per heavy atom. The van der Waals surface area contributed by atoms with Gasteiger partial charge in [-0.15, -0.1) is 0 Å². The Kier molecular flexibility index (Phi) is 4.85. The number of benzene rings is 1. The molecule has 1 aliphatic heterocycles. The lowest BCUT2D eigenvalue weighted by atomic mass is 9.99. The van der Waals surface area contributed by atoms with Crippen LogP contribution in [0.15, 0.2) is 42.7 Å². The molecule has 0 radical (unpaired) electrons. The fourth-order valence-electron chi connectivity index (χ4n) is 2.83. The number of carbonyl (C=O) groups excluding carboxylic acids is 1. The molecule has 1 fully saturated rings. The lowest BCUT2D eigenvalue weighted by Gasteiger charge is -2.21. The maximum Gasteiger partial charge on any atom is 0.224 e. The fourth-order valence-corrected chi connectivity index (χ4v) is 2.83. The number of aromatic nitrogens is 2. The average molecular weight is 298 g/mol. The highest BCUT2D eigenvalue weighted by molar-refractivity contribution is 5.78. The normalized spacial score (nSPS) is 18.1. The van der Waals surface area contributed by atoms with Gasteiger partial charge < -0.3 is 10.6 Å². The van der Waals surface area contributed by atoms with E-state index >= 15 is 0 Å². The number of hydrogen-bond donors (Lipinski definition) is 2. The van der Waals surface area contributed by atoms with Crippen molar-refractivity contribution < 1.29 is 4.79 Å². The predicted octanol–water partition coefficient (Wildman–Crippen LogP) is 1.55. The van der Waals surface area contributed by atoms with Crippen molar-refractivity contribution in [2.24, 2.45) is 5.92 Å². The third-order valence-electron chi connectivity index (χ3n) is 4.03. The number of amides is 1. The molecule has 116 valence electrons. The van der Waals surface area contributed by atoms with Crippen LogP contribution in [0.25, 0.3) is 0 Å². The molecule has 0 bridgehead atoms. The summed E-state index contributed by atoms with van der Waals surface area (Å²) < 4.78 is 1.89. The smallest absolute Gasteiger partial charge is 0.224 e. The van der Waals surface area contributed by atoms with E-state index in [0.29, 0.717) is 6.54 Å². The van der Waals surface area contributed by atoms with Gasteiger partial charge in [-0.25, -0.2) is 0 Å². The molecule has 0 saturated carbocycles. The molecule has 1 aromatic carbocycles. The van der Waals surface area contributed by atoms with Gasteiger partial charge in [-0.05, 0) is 36.6 Å². The lowest BCUT2D eigenvalue weighted by molar-refractivity contribution is -0.125. The molecule has 1 aromatic heterocycles. The summed E-state index contributed by atoms with van der Waals surface area (Å²) in [6.07, 6.45) is 5.79. The molecule has 22 heavy (non-hydrogen) atoms. The SMILES string of the molecule is O=C(NCc1cccc(Cn2cccn2)c1)C1CCCNC1. The Morgan fingerprint density at radius 3 is 3.05 bits per heavy atom. The van der Waals surface area contributed by atoms with Gasteiger partial charge in [0.25, 0.3) is 0 Å². The van der Waals surface area contributed by atoms with Crippen molar-refractivity contribution in [3.8, 4) is 0 Å². The number of piperidine rings is 1. The van der Waals surface area contributed by atoms with E-state index in [0.717, 1.165) is 38.0 Å². The van der Waals surface area contributed by atoms with E-state index in [1.54, 1.807) is 6.20 Å². The third kappa shape index (κ3) is 3.95. The van der Waals surface area contributed by atoms with E-state index in [9.17, 15) is 4.79 Å². The molecule has 0 spiro atoms. The Morgan fingerprint density at radius 2 is 2.27 bits per heavy atom. The summed E-state index contributed by atoms with van der Waals surface area (Å²) >= 11 is 0. The topological polar surface area (TPSA) is 59.0 Å². The Balaban J connectivity index is 1.54. The standard InChI is InChI=1S/C17H22N4O/c22-17(16-6-2-7-18-12-16)19-11-14-4-1-5-15(10-14)13-21-9-3-8-20-21/h1,3-5,8-10,16,18H,2,6-7,11-13H2,(H,19,22). The second kappa shape index (κ2) is 7.22. The summed E-state index contributed by atoms with van der Waals surface area (Å²) in [7, 11) is 0. The van der Waals surface area contributed by atoms with Crippen molar-refractivity contribution in [2.75, 3.05) is 13.1 Å². The molecule has 0 aliphatic carbocycles. The van der Waals surface area contributed by atoms with Crippen LogP contribution in [-0.2, 0) is 17.9 Å². The molecule has 5 heteroatoms. The molecule has 3 rings (SSSR count). The minimum absolute atomic E-state index is 0.112. The lowest BCUT2D eigenvalue weighted by Crippen LogP contribution is -2.40. The van der Waals surface area contributed by atoms with E-state index in [4.69, 9.17) is 0 Å². The van der Waals surface area contributed by atoms with Crippen molar-refractivity contribution in [1.29, 1.82) is 0 Å². The first-order valence-corrected chi connectivity index (χ1v) is 7.85. The largest absolute Gasteiger partial charge is 0.352 e. The molecule has 1 aliphatic rings. The van der Waals surface area contributed by atoms with E-state index in [1.807, 2.05) is 29.1 Å². The van der Waals surface area contributed by atoms with Gasteiger partial charge in [0.05, 0.1) is 12.5 Å². The number of rotatable bonds is 5. The Labute approximate surface area is 130 Å². The van der Waals surface area contributed by atoms with Crippen molar-refractivity contribution in [1.82, 2.24) is 20.4 Å². The van der Waals surface area contributed by atoms with Gasteiger partial charge >= 0.3 is 0 Å². The van der Waals surface area contributed by atoms with Gasteiger partial charge in [0, 0.05) is 25.5 Å². The summed E-state index contributed by atoms with van der Waals surface area (Å²) in [5.41, 5.74) is 2.32. The third-order valence-corrected chi connectivity index (χ3v) is 4.03. The maximum atomic E-state index is 12.1. The van der Waals surface area contributed by atoms with Gasteiger partial charge in [-0.1, -0.05) is 24.3 Å². The zero-order chi connectivity index (χ0) is 15.2. The number of nitrogens with zero attached hydrogens (tertiary/aromatic N) is 2. The van der Waals surface area contributed by atoms with Crippen molar-refractivity contribution in [2.45, 2.75) is 25.9 Å². The van der Waals surface area contributed by atoms with E-state index in [1.165, 1.54) is 5.56 Å². The first-order valence-electron chi connectivity index (χ1n) is 7.85. The molecule has 1 saturated heterocycles. The highest BCUT2D eigenvalue weighted by atomic mass is 16.1. The highest BCUT2D eigenvalue weighted by Gasteiger charge is 2.20. The van der Waals surface area contributed by atoms with Crippen molar-refractivity contribution >= 4 is 5.91 Å². The molecule has 2 N–H and O–H groups in total. The zero-order valence-corrected chi connectivity index (χ0v) is 12.7. The Hall–Kier alpha value is -2.14. The van der Waals surface area contributed by atoms with Crippen molar-refractivity contribution in [3.63, 3.8) is 0 Å². The molecule has 5 nitrogen and oxygen atoms in total. The minimum atomic E-state index is 0.112. The first-order chi connectivity index (χ1) is 10.8. The van der Waals surface area contributed by atoms with Gasteiger partial charge in [0.1, 0.15) is 0 Å². The number of carbonyl (C=O) groups is 1. The van der Waals surface area contributed by atoms with Crippen LogP contribution in [0.2, 0.25) is 0 Å². The fraction of sp³-hybridized carbons (Fsp3) is 0.412. The van der Waals surface area contributed by atoms with Gasteiger partial charge in [0.2, 0.25) is 5.91 Å². The molecule has 2 aromatic rings. The molecule has 1 unspecified atom stereocenters. The van der Waals surface area contributed by atoms with Crippen LogP contribution < -0.4 is 10.6 Å². The quantitative estimate of drug-likeness (QED) is 0.880. The summed E-state index contributed by atoms with van der Waals surface area (Å²) in [6.45, 7) is 3.16. The van der Waals surface area contributed by atoms with E-state index in [2.05, 4.69) is 27.9 Å². The monoisotopic (exact) mass is 298 g/mol. The van der Waals surface area contributed by atoms with Gasteiger partial charge in [-0.2, -0.15) is 5.10 Å². The first kappa shape index (κ1) is 14.8. The highest BCUT2D eigenvalue weighted by Crippen LogP contribution is 2.11.